The van der Waals surface area contributed by atoms with Gasteiger partial charge in [-0.1, -0.05) is 12.1 Å². The van der Waals surface area contributed by atoms with E-state index in [1.165, 1.54) is 4.57 Å². The van der Waals surface area contributed by atoms with Crippen LogP contribution in [0.1, 0.15) is 18.7 Å². The molecule has 6 nitrogen and oxygen atoms in total. The molecule has 1 amide bonds. The zero-order chi connectivity index (χ0) is 16.4. The molecule has 6 heteroatoms. The van der Waals surface area contributed by atoms with Gasteiger partial charge in [0.05, 0.1) is 17.0 Å². The van der Waals surface area contributed by atoms with E-state index in [1.54, 1.807) is 30.0 Å². The van der Waals surface area contributed by atoms with Crippen molar-refractivity contribution >= 4 is 16.8 Å². The maximum absolute atomic E-state index is 12.6. The van der Waals surface area contributed by atoms with Crippen molar-refractivity contribution in [3.8, 4) is 6.07 Å². The fourth-order valence-corrected chi connectivity index (χ4v) is 2.96. The normalized spacial score (nSPS) is 15.6. The number of aromatic nitrogens is 2. The number of nitrogens with zero attached hydrogens (tertiary/aromatic N) is 4. The number of rotatable bonds is 2. The van der Waals surface area contributed by atoms with Crippen molar-refractivity contribution in [2.75, 3.05) is 13.1 Å². The number of benzene rings is 1. The zero-order valence-electron chi connectivity index (χ0n) is 13.0. The third kappa shape index (κ3) is 2.95. The fourth-order valence-electron chi connectivity index (χ4n) is 2.96. The van der Waals surface area contributed by atoms with Gasteiger partial charge in [0.25, 0.3) is 5.56 Å². The average molecular weight is 310 g/mol. The van der Waals surface area contributed by atoms with Gasteiger partial charge in [0.2, 0.25) is 5.91 Å². The van der Waals surface area contributed by atoms with Crippen molar-refractivity contribution in [1.82, 2.24) is 14.5 Å². The van der Waals surface area contributed by atoms with Gasteiger partial charge in [-0.05, 0) is 31.9 Å². The second-order valence-electron chi connectivity index (χ2n) is 5.85. The van der Waals surface area contributed by atoms with Crippen molar-refractivity contribution in [2.24, 2.45) is 5.92 Å². The minimum Gasteiger partial charge on any atom is -0.341 e. The molecule has 0 bridgehead atoms. The van der Waals surface area contributed by atoms with Crippen LogP contribution in [0, 0.1) is 24.2 Å². The Bertz CT molecular complexity index is 842. The first-order chi connectivity index (χ1) is 11.1. The molecule has 1 fully saturated rings. The molecule has 1 aliphatic rings. The Labute approximate surface area is 134 Å². The van der Waals surface area contributed by atoms with E-state index in [9.17, 15) is 9.59 Å². The maximum atomic E-state index is 12.6. The molecule has 1 aromatic carbocycles. The lowest BCUT2D eigenvalue weighted by atomic mass is 9.98. The fraction of sp³-hybridized carbons (Fsp3) is 0.412. The van der Waals surface area contributed by atoms with Gasteiger partial charge in [0, 0.05) is 19.0 Å². The first kappa shape index (κ1) is 15.2. The third-order valence-electron chi connectivity index (χ3n) is 4.38. The van der Waals surface area contributed by atoms with Crippen LogP contribution in [-0.4, -0.2) is 33.4 Å². The Morgan fingerprint density at radius 3 is 2.74 bits per heavy atom. The monoisotopic (exact) mass is 310 g/mol. The largest absolute Gasteiger partial charge is 0.341 e. The highest BCUT2D eigenvalue weighted by Crippen LogP contribution is 2.16. The molecule has 2 aromatic rings. The van der Waals surface area contributed by atoms with Crippen LogP contribution < -0.4 is 5.56 Å². The van der Waals surface area contributed by atoms with Crippen LogP contribution in [0.3, 0.4) is 0 Å². The Hall–Kier alpha value is -2.68. The van der Waals surface area contributed by atoms with Crippen LogP contribution in [0.4, 0.5) is 0 Å². The Morgan fingerprint density at radius 1 is 1.35 bits per heavy atom. The summed E-state index contributed by atoms with van der Waals surface area (Å²) in [5, 5.41) is 9.44. The van der Waals surface area contributed by atoms with Crippen molar-refractivity contribution in [3.05, 3.63) is 40.4 Å². The van der Waals surface area contributed by atoms with Crippen LogP contribution in [0.2, 0.25) is 0 Å². The number of amides is 1. The molecule has 1 aromatic heterocycles. The molecule has 3 rings (SSSR count). The molecule has 118 valence electrons. The first-order valence-corrected chi connectivity index (χ1v) is 7.73. The van der Waals surface area contributed by atoms with Crippen LogP contribution in [-0.2, 0) is 11.3 Å². The molecular weight excluding hydrogens is 292 g/mol. The second-order valence-corrected chi connectivity index (χ2v) is 5.85. The quantitative estimate of drug-likeness (QED) is 0.841. The van der Waals surface area contributed by atoms with Crippen molar-refractivity contribution < 1.29 is 4.79 Å². The Morgan fingerprint density at radius 2 is 2.04 bits per heavy atom. The van der Waals surface area contributed by atoms with Crippen LogP contribution in [0.15, 0.2) is 29.1 Å². The van der Waals surface area contributed by atoms with Gasteiger partial charge in [0.15, 0.2) is 0 Å². The lowest BCUT2D eigenvalue weighted by Gasteiger charge is -2.29. The highest BCUT2D eigenvalue weighted by atomic mass is 16.2. The van der Waals surface area contributed by atoms with E-state index in [4.69, 9.17) is 5.26 Å². The summed E-state index contributed by atoms with van der Waals surface area (Å²) >= 11 is 0. The van der Waals surface area contributed by atoms with E-state index in [1.807, 2.05) is 6.07 Å². The highest BCUT2D eigenvalue weighted by Gasteiger charge is 2.23. The number of fused-ring (bicyclic) bond motifs is 1. The summed E-state index contributed by atoms with van der Waals surface area (Å²) in [5.41, 5.74) is 0.460. The third-order valence-corrected chi connectivity index (χ3v) is 4.38. The SMILES string of the molecule is Cc1nc2ccccc2c(=O)n1CC(=O)N1CCC(C#N)CC1. The van der Waals surface area contributed by atoms with Crippen LogP contribution in [0.5, 0.6) is 0 Å². The van der Waals surface area contributed by atoms with E-state index < -0.39 is 0 Å². The predicted octanol–water partition coefficient (Wildman–Crippen LogP) is 1.47. The highest BCUT2D eigenvalue weighted by molar-refractivity contribution is 5.79. The molecular formula is C17H18N4O2. The topological polar surface area (TPSA) is 79.0 Å². The number of nitriles is 1. The molecule has 0 atom stereocenters. The lowest BCUT2D eigenvalue weighted by molar-refractivity contribution is -0.133. The maximum Gasteiger partial charge on any atom is 0.261 e. The van der Waals surface area contributed by atoms with Crippen molar-refractivity contribution in [2.45, 2.75) is 26.3 Å². The van der Waals surface area contributed by atoms with Gasteiger partial charge >= 0.3 is 0 Å². The van der Waals surface area contributed by atoms with Gasteiger partial charge in [-0.2, -0.15) is 5.26 Å². The number of piperidine rings is 1. The van der Waals surface area contributed by atoms with Crippen LogP contribution >= 0.6 is 0 Å². The molecule has 0 N–H and O–H groups in total. The Balaban J connectivity index is 1.83. The summed E-state index contributed by atoms with van der Waals surface area (Å²) in [6, 6.07) is 9.40. The number of hydrogen-bond acceptors (Lipinski definition) is 4. The number of likely N-dealkylation sites (tertiary alicyclic amines) is 1. The van der Waals surface area contributed by atoms with E-state index >= 15 is 0 Å². The summed E-state index contributed by atoms with van der Waals surface area (Å²) < 4.78 is 1.43. The molecule has 1 aliphatic heterocycles. The van der Waals surface area contributed by atoms with E-state index in [-0.39, 0.29) is 23.9 Å². The smallest absolute Gasteiger partial charge is 0.261 e. The van der Waals surface area contributed by atoms with Gasteiger partial charge < -0.3 is 4.90 Å². The van der Waals surface area contributed by atoms with Crippen LogP contribution in [0.25, 0.3) is 10.9 Å². The number of carbonyl (C=O) groups excluding carboxylic acids is 1. The second kappa shape index (κ2) is 6.21. The molecule has 0 aliphatic carbocycles. The summed E-state index contributed by atoms with van der Waals surface area (Å²) in [4.78, 5) is 31.2. The first-order valence-electron chi connectivity index (χ1n) is 7.73. The van der Waals surface area contributed by atoms with E-state index in [0.29, 0.717) is 42.7 Å². The van der Waals surface area contributed by atoms with Gasteiger partial charge in [0.1, 0.15) is 12.4 Å². The summed E-state index contributed by atoms with van der Waals surface area (Å²) in [5.74, 6) is 0.475. The molecule has 1 saturated heterocycles. The Kier molecular flexibility index (Phi) is 4.11. The minimum atomic E-state index is -0.187. The standard InChI is InChI=1S/C17H18N4O2/c1-12-19-15-5-3-2-4-14(15)17(23)21(12)11-16(22)20-8-6-13(10-18)7-9-20/h2-5,13H,6-9,11H2,1H3. The van der Waals surface area contributed by atoms with E-state index in [0.717, 1.165) is 0 Å². The number of para-hydroxylation sites is 1. The zero-order valence-corrected chi connectivity index (χ0v) is 13.0. The predicted molar refractivity (Wildman–Crippen MR) is 85.7 cm³/mol. The van der Waals surface area contributed by atoms with Crippen molar-refractivity contribution in [3.63, 3.8) is 0 Å². The van der Waals surface area contributed by atoms with Gasteiger partial charge in [-0.3, -0.25) is 14.2 Å². The number of aryl methyl sites for hydroxylation is 1. The molecule has 0 unspecified atom stereocenters. The summed E-state index contributed by atoms with van der Waals surface area (Å²) in [6.45, 7) is 2.89. The summed E-state index contributed by atoms with van der Waals surface area (Å²) in [6.07, 6.45) is 1.40. The molecule has 0 radical (unpaired) electrons. The lowest BCUT2D eigenvalue weighted by Crippen LogP contribution is -2.41. The molecule has 23 heavy (non-hydrogen) atoms. The number of hydrogen-bond donors (Lipinski definition) is 0. The van der Waals surface area contributed by atoms with E-state index in [2.05, 4.69) is 11.1 Å². The molecule has 2 heterocycles. The average Bonchev–Trinajstić information content (AvgIpc) is 2.58. The number of carbonyl (C=O) groups is 1. The molecule has 0 saturated carbocycles. The van der Waals surface area contributed by atoms with Gasteiger partial charge in [-0.15, -0.1) is 0 Å². The molecule has 0 spiro atoms. The summed E-state index contributed by atoms with van der Waals surface area (Å²) in [7, 11) is 0. The minimum absolute atomic E-state index is 0.000277. The van der Waals surface area contributed by atoms with Crippen molar-refractivity contribution in [1.29, 1.82) is 5.26 Å². The van der Waals surface area contributed by atoms with Gasteiger partial charge in [-0.25, -0.2) is 4.98 Å².